The fourth-order valence-electron chi connectivity index (χ4n) is 3.16. The van der Waals surface area contributed by atoms with Gasteiger partial charge in [0.15, 0.2) is 0 Å². The number of nitrogens with two attached hydrogens (primary N) is 1. The van der Waals surface area contributed by atoms with Gasteiger partial charge in [0, 0.05) is 36.8 Å². The number of amides is 2. The molecule has 0 aromatic heterocycles. The molecule has 0 spiro atoms. The molecule has 0 saturated heterocycles. The number of hydrogen-bond donors (Lipinski definition) is 2. The van der Waals surface area contributed by atoms with Gasteiger partial charge in [-0.3, -0.25) is 9.59 Å². The standard InChI is InChI=1S/C18H27N3O2.ClH/c1-3-21(4-2)18(23)13-8-10-15(11-9-13)20-17(22)12-14-6-5-7-16(14)19;/h8-11,14,16H,3-7,12,19H2,1-2H3,(H,20,22);1H/t14-,16+;/m0./s1. The highest BCUT2D eigenvalue weighted by Crippen LogP contribution is 2.27. The van der Waals surface area contributed by atoms with E-state index >= 15 is 0 Å². The van der Waals surface area contributed by atoms with Crippen LogP contribution in [0.1, 0.15) is 49.9 Å². The number of hydrogen-bond acceptors (Lipinski definition) is 3. The van der Waals surface area contributed by atoms with Crippen molar-refractivity contribution in [1.29, 1.82) is 0 Å². The second kappa shape index (κ2) is 9.64. The van der Waals surface area contributed by atoms with E-state index in [0.717, 1.165) is 24.9 Å². The fraction of sp³-hybridized carbons (Fsp3) is 0.556. The van der Waals surface area contributed by atoms with E-state index in [1.165, 1.54) is 0 Å². The van der Waals surface area contributed by atoms with E-state index in [4.69, 9.17) is 5.73 Å². The number of carbonyl (C=O) groups is 2. The number of carbonyl (C=O) groups excluding carboxylic acids is 2. The normalized spacial score (nSPS) is 19.5. The number of rotatable bonds is 6. The van der Waals surface area contributed by atoms with Crippen molar-refractivity contribution < 1.29 is 9.59 Å². The molecule has 1 aromatic carbocycles. The van der Waals surface area contributed by atoms with Crippen molar-refractivity contribution in [2.45, 2.75) is 45.6 Å². The maximum atomic E-state index is 12.2. The summed E-state index contributed by atoms with van der Waals surface area (Å²) in [6.07, 6.45) is 3.63. The van der Waals surface area contributed by atoms with Gasteiger partial charge in [0.25, 0.3) is 5.91 Å². The quantitative estimate of drug-likeness (QED) is 0.825. The molecule has 0 aliphatic heterocycles. The minimum Gasteiger partial charge on any atom is -0.339 e. The monoisotopic (exact) mass is 353 g/mol. The van der Waals surface area contributed by atoms with Gasteiger partial charge < -0.3 is 16.0 Å². The zero-order valence-electron chi connectivity index (χ0n) is 14.5. The van der Waals surface area contributed by atoms with E-state index in [-0.39, 0.29) is 30.3 Å². The largest absolute Gasteiger partial charge is 0.339 e. The Labute approximate surface area is 150 Å². The third-order valence-electron chi connectivity index (χ3n) is 4.63. The highest BCUT2D eigenvalue weighted by atomic mass is 35.5. The van der Waals surface area contributed by atoms with Gasteiger partial charge in [-0.25, -0.2) is 0 Å². The first kappa shape index (κ1) is 20.5. The van der Waals surface area contributed by atoms with Crippen molar-refractivity contribution in [3.05, 3.63) is 29.8 Å². The molecule has 1 aliphatic rings. The molecular weight excluding hydrogens is 326 g/mol. The van der Waals surface area contributed by atoms with Crippen LogP contribution in [0.15, 0.2) is 24.3 Å². The van der Waals surface area contributed by atoms with E-state index < -0.39 is 0 Å². The second-order valence-corrected chi connectivity index (χ2v) is 6.16. The maximum absolute atomic E-state index is 12.2. The van der Waals surface area contributed by atoms with Crippen LogP contribution in [-0.4, -0.2) is 35.8 Å². The van der Waals surface area contributed by atoms with Gasteiger partial charge in [-0.15, -0.1) is 12.4 Å². The van der Waals surface area contributed by atoms with Crippen LogP contribution in [-0.2, 0) is 4.79 Å². The Morgan fingerprint density at radius 3 is 2.29 bits per heavy atom. The number of halogens is 1. The molecule has 5 nitrogen and oxygen atoms in total. The summed E-state index contributed by atoms with van der Waals surface area (Å²) in [6, 6.07) is 7.23. The Morgan fingerprint density at radius 2 is 1.79 bits per heavy atom. The van der Waals surface area contributed by atoms with Crippen LogP contribution in [0, 0.1) is 5.92 Å². The van der Waals surface area contributed by atoms with Gasteiger partial charge in [0.05, 0.1) is 0 Å². The molecule has 0 radical (unpaired) electrons. The average Bonchev–Trinajstić information content (AvgIpc) is 2.94. The van der Waals surface area contributed by atoms with E-state index in [1.54, 1.807) is 29.2 Å². The first-order chi connectivity index (χ1) is 11.0. The van der Waals surface area contributed by atoms with E-state index in [9.17, 15) is 9.59 Å². The van der Waals surface area contributed by atoms with Crippen LogP contribution in [0.5, 0.6) is 0 Å². The summed E-state index contributed by atoms with van der Waals surface area (Å²) < 4.78 is 0. The number of benzene rings is 1. The summed E-state index contributed by atoms with van der Waals surface area (Å²) in [5, 5.41) is 2.89. The molecule has 0 bridgehead atoms. The molecule has 0 heterocycles. The number of nitrogens with zero attached hydrogens (tertiary/aromatic N) is 1. The molecule has 3 N–H and O–H groups in total. The smallest absolute Gasteiger partial charge is 0.253 e. The van der Waals surface area contributed by atoms with Crippen LogP contribution in [0.25, 0.3) is 0 Å². The summed E-state index contributed by atoms with van der Waals surface area (Å²) >= 11 is 0. The van der Waals surface area contributed by atoms with Crippen molar-refractivity contribution in [2.75, 3.05) is 18.4 Å². The third kappa shape index (κ3) is 5.21. The predicted molar refractivity (Wildman–Crippen MR) is 99.5 cm³/mol. The van der Waals surface area contributed by atoms with Crippen molar-refractivity contribution in [1.82, 2.24) is 4.90 Å². The lowest BCUT2D eigenvalue weighted by Crippen LogP contribution is -2.30. The number of nitrogens with one attached hydrogen (secondary N) is 1. The SMILES string of the molecule is CCN(CC)C(=O)c1ccc(NC(=O)C[C@@H]2CCC[C@H]2N)cc1.Cl. The van der Waals surface area contributed by atoms with E-state index in [1.807, 2.05) is 13.8 Å². The fourth-order valence-corrected chi connectivity index (χ4v) is 3.16. The summed E-state index contributed by atoms with van der Waals surface area (Å²) in [6.45, 7) is 5.30. The molecule has 24 heavy (non-hydrogen) atoms. The summed E-state index contributed by atoms with van der Waals surface area (Å²) in [4.78, 5) is 26.1. The van der Waals surface area contributed by atoms with Crippen LogP contribution >= 0.6 is 12.4 Å². The van der Waals surface area contributed by atoms with Gasteiger partial charge in [0.2, 0.25) is 5.91 Å². The molecule has 0 unspecified atom stereocenters. The minimum absolute atomic E-state index is 0. The third-order valence-corrected chi connectivity index (χ3v) is 4.63. The molecule has 1 fully saturated rings. The Hall–Kier alpha value is -1.59. The number of anilines is 1. The first-order valence-electron chi connectivity index (χ1n) is 8.49. The van der Waals surface area contributed by atoms with E-state index in [2.05, 4.69) is 5.32 Å². The van der Waals surface area contributed by atoms with Crippen LogP contribution in [0.3, 0.4) is 0 Å². The Balaban J connectivity index is 0.00000288. The lowest BCUT2D eigenvalue weighted by Gasteiger charge is -2.19. The Morgan fingerprint density at radius 1 is 1.17 bits per heavy atom. The molecule has 134 valence electrons. The maximum Gasteiger partial charge on any atom is 0.253 e. The topological polar surface area (TPSA) is 75.4 Å². The van der Waals surface area contributed by atoms with Gasteiger partial charge in [0.1, 0.15) is 0 Å². The van der Waals surface area contributed by atoms with Crippen molar-refractivity contribution >= 4 is 29.9 Å². The predicted octanol–water partition coefficient (Wildman–Crippen LogP) is 3.05. The molecule has 2 atom stereocenters. The highest BCUT2D eigenvalue weighted by molar-refractivity contribution is 5.95. The molecule has 1 saturated carbocycles. The molecule has 1 aliphatic carbocycles. The van der Waals surface area contributed by atoms with Crippen LogP contribution < -0.4 is 11.1 Å². The lowest BCUT2D eigenvalue weighted by molar-refractivity contribution is -0.117. The summed E-state index contributed by atoms with van der Waals surface area (Å²) in [7, 11) is 0. The zero-order chi connectivity index (χ0) is 16.8. The molecule has 6 heteroatoms. The summed E-state index contributed by atoms with van der Waals surface area (Å²) in [5.41, 5.74) is 7.37. The molecule has 1 aromatic rings. The molecular formula is C18H28ClN3O2. The second-order valence-electron chi connectivity index (χ2n) is 6.16. The minimum atomic E-state index is -0.00447. The van der Waals surface area contributed by atoms with E-state index in [0.29, 0.717) is 31.0 Å². The molecule has 2 rings (SSSR count). The van der Waals surface area contributed by atoms with Crippen molar-refractivity contribution in [3.8, 4) is 0 Å². The zero-order valence-corrected chi connectivity index (χ0v) is 15.3. The molecule has 2 amide bonds. The van der Waals surface area contributed by atoms with Crippen LogP contribution in [0.4, 0.5) is 5.69 Å². The lowest BCUT2D eigenvalue weighted by atomic mass is 10.00. The van der Waals surface area contributed by atoms with Crippen molar-refractivity contribution in [3.63, 3.8) is 0 Å². The van der Waals surface area contributed by atoms with Gasteiger partial charge in [-0.1, -0.05) is 6.42 Å². The Bertz CT molecular complexity index is 544. The van der Waals surface area contributed by atoms with Crippen molar-refractivity contribution in [2.24, 2.45) is 11.7 Å². The Kier molecular flexibility index (Phi) is 8.22. The average molecular weight is 354 g/mol. The van der Waals surface area contributed by atoms with Gasteiger partial charge in [-0.05, 0) is 56.9 Å². The highest BCUT2D eigenvalue weighted by Gasteiger charge is 2.26. The summed E-state index contributed by atoms with van der Waals surface area (Å²) in [5.74, 6) is 0.304. The first-order valence-corrected chi connectivity index (χ1v) is 8.49. The van der Waals surface area contributed by atoms with Gasteiger partial charge in [-0.2, -0.15) is 0 Å². The van der Waals surface area contributed by atoms with Gasteiger partial charge >= 0.3 is 0 Å². The van der Waals surface area contributed by atoms with Crippen LogP contribution in [0.2, 0.25) is 0 Å².